The first kappa shape index (κ1) is 12.8. The molecular weight excluding hydrogens is 222 g/mol. The highest BCUT2D eigenvalue weighted by atomic mass is 15.3. The number of aromatic nitrogens is 2. The van der Waals surface area contributed by atoms with Gasteiger partial charge in [-0.3, -0.25) is 4.68 Å². The zero-order valence-corrected chi connectivity index (χ0v) is 11.4. The number of hydrogen-bond donors (Lipinski definition) is 1. The van der Waals surface area contributed by atoms with Gasteiger partial charge in [0.25, 0.3) is 0 Å². The quantitative estimate of drug-likeness (QED) is 0.896. The smallest absolute Gasteiger partial charge is 0.0624 e. The molecule has 0 bridgehead atoms. The van der Waals surface area contributed by atoms with E-state index >= 15 is 0 Å². The summed E-state index contributed by atoms with van der Waals surface area (Å²) in [7, 11) is 1.98. The third-order valence-electron chi connectivity index (χ3n) is 3.32. The van der Waals surface area contributed by atoms with Gasteiger partial charge in [0.1, 0.15) is 0 Å². The molecule has 0 saturated carbocycles. The molecule has 2 N–H and O–H groups in total. The van der Waals surface area contributed by atoms with Crippen molar-refractivity contribution in [2.75, 3.05) is 0 Å². The zero-order valence-electron chi connectivity index (χ0n) is 11.4. The molecule has 0 aliphatic rings. The van der Waals surface area contributed by atoms with Crippen LogP contribution >= 0.6 is 0 Å². The van der Waals surface area contributed by atoms with E-state index in [1.165, 1.54) is 16.8 Å². The van der Waals surface area contributed by atoms with Crippen molar-refractivity contribution in [3.8, 4) is 0 Å². The van der Waals surface area contributed by atoms with Gasteiger partial charge >= 0.3 is 0 Å². The molecule has 3 nitrogen and oxygen atoms in total. The molecular formula is C15H21N3. The molecule has 0 fully saturated rings. The maximum absolute atomic E-state index is 6.26. The predicted octanol–water partition coefficient (Wildman–Crippen LogP) is 2.53. The summed E-state index contributed by atoms with van der Waals surface area (Å²) in [4.78, 5) is 0. The number of hydrogen-bond acceptors (Lipinski definition) is 2. The maximum atomic E-state index is 6.26. The van der Waals surface area contributed by atoms with Crippen molar-refractivity contribution >= 4 is 0 Å². The zero-order chi connectivity index (χ0) is 13.1. The second kappa shape index (κ2) is 5.36. The normalized spacial score (nSPS) is 12.7. The molecule has 1 unspecified atom stereocenters. The van der Waals surface area contributed by atoms with Gasteiger partial charge in [-0.25, -0.2) is 0 Å². The van der Waals surface area contributed by atoms with Crippen molar-refractivity contribution in [1.82, 2.24) is 9.78 Å². The topological polar surface area (TPSA) is 43.8 Å². The van der Waals surface area contributed by atoms with Crippen LogP contribution in [0.5, 0.6) is 0 Å². The fraction of sp³-hybridized carbons (Fsp3) is 0.400. The van der Waals surface area contributed by atoms with Gasteiger partial charge in [-0.1, -0.05) is 36.8 Å². The van der Waals surface area contributed by atoms with Crippen LogP contribution in [0.25, 0.3) is 0 Å². The standard InChI is InChI=1S/C15H21N3/c1-4-13-9-14(18(3)17-13)10-15(16)12-7-5-11(2)6-8-12/h5-9,15H,4,10,16H2,1-3H3. The Morgan fingerprint density at radius 1 is 1.28 bits per heavy atom. The minimum atomic E-state index is 0.0331. The van der Waals surface area contributed by atoms with Gasteiger partial charge in [0.15, 0.2) is 0 Å². The van der Waals surface area contributed by atoms with Crippen molar-refractivity contribution in [2.45, 2.75) is 32.7 Å². The van der Waals surface area contributed by atoms with Crippen LogP contribution in [0.4, 0.5) is 0 Å². The Labute approximate surface area is 109 Å². The lowest BCUT2D eigenvalue weighted by atomic mass is 10.0. The first-order valence-corrected chi connectivity index (χ1v) is 6.44. The lowest BCUT2D eigenvalue weighted by molar-refractivity contribution is 0.638. The summed E-state index contributed by atoms with van der Waals surface area (Å²) < 4.78 is 1.94. The Kier molecular flexibility index (Phi) is 3.82. The van der Waals surface area contributed by atoms with E-state index in [0.29, 0.717) is 0 Å². The van der Waals surface area contributed by atoms with Crippen molar-refractivity contribution in [1.29, 1.82) is 0 Å². The predicted molar refractivity (Wildman–Crippen MR) is 74.4 cm³/mol. The minimum absolute atomic E-state index is 0.0331. The average molecular weight is 243 g/mol. The first-order valence-electron chi connectivity index (χ1n) is 6.44. The minimum Gasteiger partial charge on any atom is -0.324 e. The van der Waals surface area contributed by atoms with Crippen LogP contribution < -0.4 is 5.73 Å². The van der Waals surface area contributed by atoms with E-state index in [9.17, 15) is 0 Å². The number of nitrogens with zero attached hydrogens (tertiary/aromatic N) is 2. The molecule has 1 aromatic carbocycles. The molecule has 96 valence electrons. The SMILES string of the molecule is CCc1cc(CC(N)c2ccc(C)cc2)n(C)n1. The van der Waals surface area contributed by atoms with Crippen LogP contribution in [0.15, 0.2) is 30.3 Å². The van der Waals surface area contributed by atoms with Gasteiger partial charge in [0, 0.05) is 25.2 Å². The summed E-state index contributed by atoms with van der Waals surface area (Å²) >= 11 is 0. The van der Waals surface area contributed by atoms with E-state index in [4.69, 9.17) is 5.73 Å². The Morgan fingerprint density at radius 3 is 2.50 bits per heavy atom. The molecule has 1 aromatic heterocycles. The molecule has 1 atom stereocenters. The monoisotopic (exact) mass is 243 g/mol. The molecule has 18 heavy (non-hydrogen) atoms. The van der Waals surface area contributed by atoms with E-state index in [1.807, 2.05) is 11.7 Å². The Bertz CT molecular complexity index is 511. The lowest BCUT2D eigenvalue weighted by Gasteiger charge is -2.12. The average Bonchev–Trinajstić information content (AvgIpc) is 2.71. The van der Waals surface area contributed by atoms with Crippen molar-refractivity contribution in [3.05, 3.63) is 52.8 Å². The van der Waals surface area contributed by atoms with E-state index in [1.54, 1.807) is 0 Å². The molecule has 0 radical (unpaired) electrons. The number of benzene rings is 1. The summed E-state index contributed by atoms with van der Waals surface area (Å²) in [6.07, 6.45) is 1.79. The molecule has 3 heteroatoms. The highest BCUT2D eigenvalue weighted by molar-refractivity contribution is 5.25. The van der Waals surface area contributed by atoms with Gasteiger partial charge in [-0.2, -0.15) is 5.10 Å². The van der Waals surface area contributed by atoms with Crippen LogP contribution in [0, 0.1) is 6.92 Å². The van der Waals surface area contributed by atoms with Crippen molar-refractivity contribution < 1.29 is 0 Å². The van der Waals surface area contributed by atoms with Crippen molar-refractivity contribution in [3.63, 3.8) is 0 Å². The van der Waals surface area contributed by atoms with Crippen molar-refractivity contribution in [2.24, 2.45) is 12.8 Å². The number of rotatable bonds is 4. The first-order chi connectivity index (χ1) is 8.60. The molecule has 0 spiro atoms. The summed E-state index contributed by atoms with van der Waals surface area (Å²) in [6.45, 7) is 4.20. The highest BCUT2D eigenvalue weighted by Crippen LogP contribution is 2.17. The Balaban J connectivity index is 2.13. The number of aryl methyl sites for hydroxylation is 3. The fourth-order valence-corrected chi connectivity index (χ4v) is 2.09. The van der Waals surface area contributed by atoms with E-state index in [-0.39, 0.29) is 6.04 Å². The lowest BCUT2D eigenvalue weighted by Crippen LogP contribution is -2.15. The second-order valence-electron chi connectivity index (χ2n) is 4.83. The summed E-state index contributed by atoms with van der Waals surface area (Å²) in [5, 5.41) is 4.45. The summed E-state index contributed by atoms with van der Waals surface area (Å²) in [5.41, 5.74) is 11.0. The summed E-state index contributed by atoms with van der Waals surface area (Å²) in [6, 6.07) is 10.6. The maximum Gasteiger partial charge on any atom is 0.0624 e. The fourth-order valence-electron chi connectivity index (χ4n) is 2.09. The van der Waals surface area contributed by atoms with Crippen LogP contribution in [0.3, 0.4) is 0 Å². The third-order valence-corrected chi connectivity index (χ3v) is 3.32. The van der Waals surface area contributed by atoms with Crippen LogP contribution in [-0.4, -0.2) is 9.78 Å². The van der Waals surface area contributed by atoms with Gasteiger partial charge in [0.2, 0.25) is 0 Å². The molecule has 2 aromatic rings. The Morgan fingerprint density at radius 2 is 1.94 bits per heavy atom. The molecule has 0 aliphatic carbocycles. The summed E-state index contributed by atoms with van der Waals surface area (Å²) in [5.74, 6) is 0. The highest BCUT2D eigenvalue weighted by Gasteiger charge is 2.11. The van der Waals surface area contributed by atoms with Gasteiger partial charge < -0.3 is 5.73 Å². The number of nitrogens with two attached hydrogens (primary N) is 1. The van der Waals surface area contributed by atoms with E-state index < -0.39 is 0 Å². The molecule has 1 heterocycles. The van der Waals surface area contributed by atoms with Gasteiger partial charge in [-0.15, -0.1) is 0 Å². The molecule has 0 saturated heterocycles. The second-order valence-corrected chi connectivity index (χ2v) is 4.83. The third kappa shape index (κ3) is 2.79. The van der Waals surface area contributed by atoms with E-state index in [0.717, 1.165) is 18.5 Å². The molecule has 0 aliphatic heterocycles. The van der Waals surface area contributed by atoms with Crippen LogP contribution in [0.2, 0.25) is 0 Å². The Hall–Kier alpha value is -1.61. The van der Waals surface area contributed by atoms with Gasteiger partial charge in [0.05, 0.1) is 5.69 Å². The van der Waals surface area contributed by atoms with Crippen LogP contribution in [0.1, 0.15) is 35.5 Å². The van der Waals surface area contributed by atoms with E-state index in [2.05, 4.69) is 49.3 Å². The molecule has 0 amide bonds. The van der Waals surface area contributed by atoms with Crippen LogP contribution in [-0.2, 0) is 19.9 Å². The van der Waals surface area contributed by atoms with Gasteiger partial charge in [-0.05, 0) is 25.0 Å². The largest absolute Gasteiger partial charge is 0.324 e. The molecule has 2 rings (SSSR count).